The topological polar surface area (TPSA) is 72.5 Å². The highest BCUT2D eigenvalue weighted by Crippen LogP contribution is 2.19. The molecule has 0 bridgehead atoms. The van der Waals surface area contributed by atoms with Crippen LogP contribution in [0.2, 0.25) is 0 Å². The third-order valence-electron chi connectivity index (χ3n) is 1.83. The summed E-state index contributed by atoms with van der Waals surface area (Å²) in [6, 6.07) is 3.28. The second kappa shape index (κ2) is 5.42. The van der Waals surface area contributed by atoms with Crippen molar-refractivity contribution in [3.63, 3.8) is 0 Å². The minimum Gasteiger partial charge on any atom is -0.469 e. The molecule has 90 valence electrons. The standard InChI is InChI=1S/C9H13NO4S2/c1-7-3-4-9(15-7)16(12,13)10-6-5-8(11)14-2/h3-4,10H,5-6H2,1-2H3. The van der Waals surface area contributed by atoms with Gasteiger partial charge in [-0.15, -0.1) is 11.3 Å². The van der Waals surface area contributed by atoms with Crippen molar-refractivity contribution in [3.8, 4) is 0 Å². The number of methoxy groups -OCH3 is 1. The van der Waals surface area contributed by atoms with Crippen LogP contribution in [0.4, 0.5) is 0 Å². The van der Waals surface area contributed by atoms with Gasteiger partial charge in [0.15, 0.2) is 0 Å². The second-order valence-corrected chi connectivity index (χ2v) is 6.37. The van der Waals surface area contributed by atoms with Crippen molar-refractivity contribution in [2.45, 2.75) is 17.6 Å². The first-order valence-corrected chi connectivity index (χ1v) is 6.88. The number of hydrogen-bond acceptors (Lipinski definition) is 5. The Morgan fingerprint density at radius 1 is 1.50 bits per heavy atom. The van der Waals surface area contributed by atoms with Crippen LogP contribution in [0.25, 0.3) is 0 Å². The summed E-state index contributed by atoms with van der Waals surface area (Å²) in [5.74, 6) is -0.440. The molecule has 1 N–H and O–H groups in total. The van der Waals surface area contributed by atoms with Gasteiger partial charge in [-0.1, -0.05) is 0 Å². The number of nitrogens with one attached hydrogen (secondary N) is 1. The number of esters is 1. The Morgan fingerprint density at radius 2 is 2.19 bits per heavy atom. The lowest BCUT2D eigenvalue weighted by molar-refractivity contribution is -0.140. The first-order valence-electron chi connectivity index (χ1n) is 4.58. The van der Waals surface area contributed by atoms with Crippen LogP contribution in [0.15, 0.2) is 16.3 Å². The van der Waals surface area contributed by atoms with Gasteiger partial charge >= 0.3 is 5.97 Å². The maximum atomic E-state index is 11.7. The molecule has 1 heterocycles. The van der Waals surface area contributed by atoms with Crippen LogP contribution in [0, 0.1) is 6.92 Å². The van der Waals surface area contributed by atoms with Crippen molar-refractivity contribution < 1.29 is 17.9 Å². The smallest absolute Gasteiger partial charge is 0.306 e. The molecule has 1 rings (SSSR count). The third-order valence-corrected chi connectivity index (χ3v) is 4.78. The maximum Gasteiger partial charge on any atom is 0.306 e. The van der Waals surface area contributed by atoms with Gasteiger partial charge in [-0.3, -0.25) is 4.79 Å². The lowest BCUT2D eigenvalue weighted by atomic mass is 10.4. The van der Waals surface area contributed by atoms with Gasteiger partial charge in [0.1, 0.15) is 4.21 Å². The van der Waals surface area contributed by atoms with Crippen LogP contribution >= 0.6 is 11.3 Å². The second-order valence-electron chi connectivity index (χ2n) is 3.09. The van der Waals surface area contributed by atoms with Crippen molar-refractivity contribution in [2.24, 2.45) is 0 Å². The highest BCUT2D eigenvalue weighted by Gasteiger charge is 2.15. The van der Waals surface area contributed by atoms with Gasteiger partial charge in [-0.2, -0.15) is 0 Å². The number of carbonyl (C=O) groups is 1. The van der Waals surface area contributed by atoms with Crippen LogP contribution < -0.4 is 4.72 Å². The number of hydrogen-bond donors (Lipinski definition) is 1. The average Bonchev–Trinajstić information content (AvgIpc) is 2.65. The predicted octanol–water partition coefficient (Wildman–Crippen LogP) is 0.898. The van der Waals surface area contributed by atoms with E-state index in [1.54, 1.807) is 12.1 Å². The molecule has 0 fully saturated rings. The van der Waals surface area contributed by atoms with Crippen LogP contribution in [-0.4, -0.2) is 28.0 Å². The molecule has 0 saturated heterocycles. The van der Waals surface area contributed by atoms with E-state index in [0.717, 1.165) is 4.88 Å². The van der Waals surface area contributed by atoms with Gasteiger partial charge < -0.3 is 4.74 Å². The first kappa shape index (κ1) is 13.1. The number of sulfonamides is 1. The molecule has 0 amide bonds. The van der Waals surface area contributed by atoms with Crippen LogP contribution in [-0.2, 0) is 19.6 Å². The molecule has 0 radical (unpaired) electrons. The molecule has 0 saturated carbocycles. The maximum absolute atomic E-state index is 11.7. The van der Waals surface area contributed by atoms with Crippen LogP contribution in [0.3, 0.4) is 0 Å². The Morgan fingerprint density at radius 3 is 2.69 bits per heavy atom. The van der Waals surface area contributed by atoms with E-state index in [0.29, 0.717) is 0 Å². The van der Waals surface area contributed by atoms with Crippen LogP contribution in [0.5, 0.6) is 0 Å². The van der Waals surface area contributed by atoms with Gasteiger partial charge in [0, 0.05) is 11.4 Å². The molecular weight excluding hydrogens is 250 g/mol. The lowest BCUT2D eigenvalue weighted by Gasteiger charge is -2.03. The van der Waals surface area contributed by atoms with Gasteiger partial charge in [0.05, 0.1) is 13.5 Å². The minimum atomic E-state index is -3.48. The molecule has 1 aromatic rings. The summed E-state index contributed by atoms with van der Waals surface area (Å²) in [4.78, 5) is 11.7. The van der Waals surface area contributed by atoms with E-state index in [9.17, 15) is 13.2 Å². The number of rotatable bonds is 5. The molecule has 0 aliphatic rings. The van der Waals surface area contributed by atoms with E-state index in [1.165, 1.54) is 18.4 Å². The number of carbonyl (C=O) groups excluding carboxylic acids is 1. The SMILES string of the molecule is COC(=O)CCNS(=O)(=O)c1ccc(C)s1. The van der Waals surface area contributed by atoms with Crippen molar-refractivity contribution >= 4 is 27.3 Å². The molecule has 0 aliphatic carbocycles. The lowest BCUT2D eigenvalue weighted by Crippen LogP contribution is -2.25. The summed E-state index contributed by atoms with van der Waals surface area (Å²) < 4.78 is 30.3. The monoisotopic (exact) mass is 263 g/mol. The van der Waals surface area contributed by atoms with Crippen LogP contribution in [0.1, 0.15) is 11.3 Å². The number of thiophene rings is 1. The Bertz CT molecular complexity index is 464. The van der Waals surface area contributed by atoms with E-state index < -0.39 is 16.0 Å². The fourth-order valence-corrected chi connectivity index (χ4v) is 3.38. The van der Waals surface area contributed by atoms with Crippen molar-refractivity contribution in [1.29, 1.82) is 0 Å². The van der Waals surface area contributed by atoms with Crippen molar-refractivity contribution in [3.05, 3.63) is 17.0 Å². The van der Waals surface area contributed by atoms with Crippen molar-refractivity contribution in [2.75, 3.05) is 13.7 Å². The zero-order chi connectivity index (χ0) is 12.2. The fraction of sp³-hybridized carbons (Fsp3) is 0.444. The summed E-state index contributed by atoms with van der Waals surface area (Å²) in [5, 5.41) is 0. The van der Waals surface area contributed by atoms with Gasteiger partial charge in [-0.05, 0) is 19.1 Å². The molecule has 7 heteroatoms. The highest BCUT2D eigenvalue weighted by molar-refractivity contribution is 7.91. The average molecular weight is 263 g/mol. The summed E-state index contributed by atoms with van der Waals surface area (Å²) in [5.41, 5.74) is 0. The number of aryl methyl sites for hydroxylation is 1. The molecule has 16 heavy (non-hydrogen) atoms. The quantitative estimate of drug-likeness (QED) is 0.801. The molecule has 0 unspecified atom stereocenters. The summed E-state index contributed by atoms with van der Waals surface area (Å²) >= 11 is 1.19. The molecule has 0 aliphatic heterocycles. The van der Waals surface area contributed by atoms with Gasteiger partial charge in [-0.25, -0.2) is 13.1 Å². The Kier molecular flexibility index (Phi) is 4.45. The van der Waals surface area contributed by atoms with Gasteiger partial charge in [0.2, 0.25) is 10.0 Å². The molecule has 0 atom stereocenters. The van der Waals surface area contributed by atoms with E-state index in [-0.39, 0.29) is 17.2 Å². The normalized spacial score (nSPS) is 11.4. The van der Waals surface area contributed by atoms with Crippen molar-refractivity contribution in [1.82, 2.24) is 4.72 Å². The Balaban J connectivity index is 2.56. The Hall–Kier alpha value is -0.920. The van der Waals surface area contributed by atoms with Gasteiger partial charge in [0.25, 0.3) is 0 Å². The first-order chi connectivity index (χ1) is 7.45. The molecule has 0 spiro atoms. The number of ether oxygens (including phenoxy) is 1. The zero-order valence-electron chi connectivity index (χ0n) is 9.02. The summed E-state index contributed by atoms with van der Waals surface area (Å²) in [6.07, 6.45) is 0.0279. The summed E-state index contributed by atoms with van der Waals surface area (Å²) in [7, 11) is -2.22. The third kappa shape index (κ3) is 3.58. The molecule has 0 aromatic carbocycles. The predicted molar refractivity (Wildman–Crippen MR) is 60.9 cm³/mol. The van der Waals surface area contributed by atoms with E-state index in [4.69, 9.17) is 0 Å². The summed E-state index contributed by atoms with van der Waals surface area (Å²) in [6.45, 7) is 1.88. The highest BCUT2D eigenvalue weighted by atomic mass is 32.2. The molecular formula is C9H13NO4S2. The Labute approximate surface area is 98.5 Å². The fourth-order valence-electron chi connectivity index (χ4n) is 1.02. The zero-order valence-corrected chi connectivity index (χ0v) is 10.7. The van der Waals surface area contributed by atoms with E-state index in [1.807, 2.05) is 6.92 Å². The van der Waals surface area contributed by atoms with E-state index >= 15 is 0 Å². The minimum absolute atomic E-state index is 0.0279. The van der Waals surface area contributed by atoms with E-state index in [2.05, 4.69) is 9.46 Å². The molecule has 5 nitrogen and oxygen atoms in total. The largest absolute Gasteiger partial charge is 0.469 e. The molecule has 1 aromatic heterocycles.